The highest BCUT2D eigenvalue weighted by atomic mass is 35.5. The van der Waals surface area contributed by atoms with Gasteiger partial charge in [-0.1, -0.05) is 35.9 Å². The number of piperazine rings is 1. The van der Waals surface area contributed by atoms with Crippen LogP contribution >= 0.6 is 11.6 Å². The molecule has 158 valence electrons. The van der Waals surface area contributed by atoms with Crippen LogP contribution in [0.4, 0.5) is 14.5 Å². The Balaban J connectivity index is 1.76. The first-order valence-electron chi connectivity index (χ1n) is 9.94. The minimum absolute atomic E-state index is 0.0569. The Morgan fingerprint density at radius 2 is 1.87 bits per heavy atom. The predicted molar refractivity (Wildman–Crippen MR) is 119 cm³/mol. The van der Waals surface area contributed by atoms with E-state index in [1.54, 1.807) is 37.6 Å². The third-order valence-corrected chi connectivity index (χ3v) is 6.01. The largest absolute Gasteiger partial charge is 0.493 e. The first kappa shape index (κ1) is 19.9. The minimum atomic E-state index is -0.579. The fraction of sp³-hybridized carbons (Fsp3) is 0.217. The average molecular weight is 441 g/mol. The number of aromatic nitrogens is 2. The van der Waals surface area contributed by atoms with Crippen molar-refractivity contribution in [3.63, 3.8) is 0 Å². The van der Waals surface area contributed by atoms with E-state index >= 15 is 4.39 Å². The van der Waals surface area contributed by atoms with Gasteiger partial charge in [0.15, 0.2) is 11.6 Å². The first-order chi connectivity index (χ1) is 15.1. The lowest BCUT2D eigenvalue weighted by atomic mass is 10.00. The smallest absolute Gasteiger partial charge is 0.175 e. The lowest BCUT2D eigenvalue weighted by molar-refractivity contribution is 0.412. The van der Waals surface area contributed by atoms with Gasteiger partial charge in [-0.2, -0.15) is 0 Å². The van der Waals surface area contributed by atoms with Gasteiger partial charge in [0.05, 0.1) is 24.0 Å². The predicted octanol–water partition coefficient (Wildman–Crippen LogP) is 4.80. The minimum Gasteiger partial charge on any atom is -0.493 e. The molecule has 31 heavy (non-hydrogen) atoms. The molecule has 1 aliphatic rings. The Morgan fingerprint density at radius 3 is 2.65 bits per heavy atom. The van der Waals surface area contributed by atoms with Crippen molar-refractivity contribution in [3.8, 4) is 17.0 Å². The summed E-state index contributed by atoms with van der Waals surface area (Å²) < 4.78 is 35.4. The second-order valence-corrected chi connectivity index (χ2v) is 7.74. The summed E-state index contributed by atoms with van der Waals surface area (Å²) in [6.07, 6.45) is 3.13. The van der Waals surface area contributed by atoms with E-state index < -0.39 is 11.6 Å². The molecule has 0 bridgehead atoms. The standard InChI is InChI=1S/C23H19ClF2N4O/c1-31-17-12-29-22-15(23(17)30-9-7-27-8-10-30)11-28-21(20(22)26)14-4-2-3-13-5-6-16(25)19(24)18(13)14/h2-6,11-12,27H,7-10H2,1H3. The van der Waals surface area contributed by atoms with Crippen molar-refractivity contribution in [2.75, 3.05) is 38.2 Å². The molecule has 0 spiro atoms. The highest BCUT2D eigenvalue weighted by Gasteiger charge is 2.23. The average Bonchev–Trinajstić information content (AvgIpc) is 2.81. The summed E-state index contributed by atoms with van der Waals surface area (Å²) in [6.45, 7) is 3.16. The summed E-state index contributed by atoms with van der Waals surface area (Å²) in [5, 5.41) is 4.95. The van der Waals surface area contributed by atoms with Gasteiger partial charge in [-0.25, -0.2) is 13.8 Å². The highest BCUT2D eigenvalue weighted by molar-refractivity contribution is 6.36. The molecule has 1 fully saturated rings. The fourth-order valence-corrected chi connectivity index (χ4v) is 4.43. The second-order valence-electron chi connectivity index (χ2n) is 7.36. The number of nitrogens with zero attached hydrogens (tertiary/aromatic N) is 3. The van der Waals surface area contributed by atoms with Gasteiger partial charge >= 0.3 is 0 Å². The Bertz CT molecular complexity index is 1310. The van der Waals surface area contributed by atoms with Crippen molar-refractivity contribution in [2.24, 2.45) is 0 Å². The van der Waals surface area contributed by atoms with Crippen LogP contribution in [0.15, 0.2) is 42.7 Å². The molecule has 2 aromatic carbocycles. The number of nitrogens with one attached hydrogen (secondary N) is 1. The van der Waals surface area contributed by atoms with Gasteiger partial charge in [-0.3, -0.25) is 4.98 Å². The molecule has 0 atom stereocenters. The molecule has 1 saturated heterocycles. The van der Waals surface area contributed by atoms with Crippen LogP contribution in [0.5, 0.6) is 5.75 Å². The Morgan fingerprint density at radius 1 is 1.06 bits per heavy atom. The third kappa shape index (κ3) is 3.25. The van der Waals surface area contributed by atoms with Crippen LogP contribution in [-0.4, -0.2) is 43.3 Å². The van der Waals surface area contributed by atoms with E-state index in [-0.39, 0.29) is 16.2 Å². The Kier molecular flexibility index (Phi) is 5.08. The monoisotopic (exact) mass is 440 g/mol. The van der Waals surface area contributed by atoms with Gasteiger partial charge in [-0.15, -0.1) is 0 Å². The van der Waals surface area contributed by atoms with E-state index in [1.165, 1.54) is 12.3 Å². The molecule has 1 N–H and O–H groups in total. The van der Waals surface area contributed by atoms with Crippen LogP contribution in [0.1, 0.15) is 0 Å². The number of fused-ring (bicyclic) bond motifs is 2. The van der Waals surface area contributed by atoms with E-state index in [1.807, 2.05) is 0 Å². The van der Waals surface area contributed by atoms with Gasteiger partial charge < -0.3 is 15.0 Å². The summed E-state index contributed by atoms with van der Waals surface area (Å²) in [5.74, 6) is -0.574. The molecule has 3 heterocycles. The van der Waals surface area contributed by atoms with Crippen molar-refractivity contribution in [1.82, 2.24) is 15.3 Å². The first-order valence-corrected chi connectivity index (χ1v) is 10.3. The normalized spacial score (nSPS) is 14.4. The summed E-state index contributed by atoms with van der Waals surface area (Å²) >= 11 is 6.25. The Hall–Kier alpha value is -3.03. The molecule has 0 amide bonds. The van der Waals surface area contributed by atoms with E-state index in [0.29, 0.717) is 27.5 Å². The Labute approximate surface area is 182 Å². The van der Waals surface area contributed by atoms with Gasteiger partial charge in [0.25, 0.3) is 0 Å². The number of hydrogen-bond acceptors (Lipinski definition) is 5. The molecule has 2 aromatic heterocycles. The van der Waals surface area contributed by atoms with Crippen LogP contribution in [0.2, 0.25) is 5.02 Å². The summed E-state index contributed by atoms with van der Waals surface area (Å²) in [4.78, 5) is 10.9. The van der Waals surface area contributed by atoms with Gasteiger partial charge in [0.1, 0.15) is 17.0 Å². The van der Waals surface area contributed by atoms with Crippen LogP contribution in [0, 0.1) is 11.6 Å². The lowest BCUT2D eigenvalue weighted by Gasteiger charge is -2.31. The molecule has 8 heteroatoms. The maximum atomic E-state index is 15.8. The molecular weight excluding hydrogens is 422 g/mol. The van der Waals surface area contributed by atoms with Gasteiger partial charge in [0, 0.05) is 48.7 Å². The number of ether oxygens (including phenoxy) is 1. The molecule has 0 saturated carbocycles. The highest BCUT2D eigenvalue weighted by Crippen LogP contribution is 2.40. The number of rotatable bonds is 3. The van der Waals surface area contributed by atoms with Gasteiger partial charge in [-0.05, 0) is 11.5 Å². The SMILES string of the molecule is COc1cnc2c(F)c(-c3cccc4ccc(F)c(Cl)c34)ncc2c1N1CCNCC1. The second kappa shape index (κ2) is 7.90. The molecule has 5 rings (SSSR count). The van der Waals surface area contributed by atoms with E-state index in [0.717, 1.165) is 31.9 Å². The zero-order valence-electron chi connectivity index (χ0n) is 16.8. The zero-order valence-corrected chi connectivity index (χ0v) is 17.5. The number of methoxy groups -OCH3 is 1. The number of pyridine rings is 2. The zero-order chi connectivity index (χ0) is 21.5. The molecule has 1 aliphatic heterocycles. The molecule has 0 aliphatic carbocycles. The number of anilines is 1. The van der Waals surface area contributed by atoms with Crippen LogP contribution in [0.3, 0.4) is 0 Å². The molecule has 4 aromatic rings. The summed E-state index contributed by atoms with van der Waals surface area (Å²) in [7, 11) is 1.57. The summed E-state index contributed by atoms with van der Waals surface area (Å²) in [5.41, 5.74) is 1.45. The molecule has 0 unspecified atom stereocenters. The fourth-order valence-electron chi connectivity index (χ4n) is 4.15. The van der Waals surface area contributed by atoms with Crippen molar-refractivity contribution in [1.29, 1.82) is 0 Å². The number of hydrogen-bond donors (Lipinski definition) is 1. The molecular formula is C23H19ClF2N4O. The maximum Gasteiger partial charge on any atom is 0.175 e. The topological polar surface area (TPSA) is 50.3 Å². The van der Waals surface area contributed by atoms with Crippen LogP contribution in [-0.2, 0) is 0 Å². The van der Waals surface area contributed by atoms with E-state index in [9.17, 15) is 4.39 Å². The number of halogens is 3. The third-order valence-electron chi connectivity index (χ3n) is 5.64. The lowest BCUT2D eigenvalue weighted by Crippen LogP contribution is -2.43. The number of benzene rings is 2. The van der Waals surface area contributed by atoms with Crippen molar-refractivity contribution in [3.05, 3.63) is 59.4 Å². The quantitative estimate of drug-likeness (QED) is 0.496. The van der Waals surface area contributed by atoms with Crippen LogP contribution < -0.4 is 15.0 Å². The van der Waals surface area contributed by atoms with Crippen molar-refractivity contribution in [2.45, 2.75) is 0 Å². The molecule has 0 radical (unpaired) electrons. The van der Waals surface area contributed by atoms with E-state index in [4.69, 9.17) is 16.3 Å². The van der Waals surface area contributed by atoms with Crippen molar-refractivity contribution >= 4 is 39.0 Å². The van der Waals surface area contributed by atoms with Crippen molar-refractivity contribution < 1.29 is 13.5 Å². The molecule has 5 nitrogen and oxygen atoms in total. The van der Waals surface area contributed by atoms with E-state index in [2.05, 4.69) is 20.2 Å². The van der Waals surface area contributed by atoms with Gasteiger partial charge in [0.2, 0.25) is 0 Å². The van der Waals surface area contributed by atoms with Crippen LogP contribution in [0.25, 0.3) is 32.9 Å². The summed E-state index contributed by atoms with van der Waals surface area (Å²) in [6, 6.07) is 8.17. The maximum absolute atomic E-state index is 15.8.